The van der Waals surface area contributed by atoms with Gasteiger partial charge in [0.2, 0.25) is 11.9 Å². The highest BCUT2D eigenvalue weighted by atomic mass is 16.6. The number of carbonyl (C=O) groups excluding carboxylic acids is 3. The van der Waals surface area contributed by atoms with Crippen molar-refractivity contribution in [1.82, 2.24) is 16.0 Å². The predicted octanol–water partition coefficient (Wildman–Crippen LogP) is 1.88. The number of nitrogens with one attached hydrogen (secondary N) is 3. The van der Waals surface area contributed by atoms with Gasteiger partial charge in [-0.1, -0.05) is 13.3 Å². The standard InChI is InChI=1S/C15H29N3O4.C3H8N2O/c1-8-9-10-16-11(17-12(19)21-14(2,3)4)18-13(20)22-15(5,6)7;1-5-3(6)2-4/h8-10H2,1-7H3,(H2,16,17,18,19,20);2,4H2,1H3,(H,5,6). The molecule has 3 amide bonds. The minimum Gasteiger partial charge on any atom is -0.444 e. The van der Waals surface area contributed by atoms with Gasteiger partial charge < -0.3 is 20.5 Å². The zero-order valence-electron chi connectivity index (χ0n) is 18.4. The third-order valence-electron chi connectivity index (χ3n) is 2.48. The fourth-order valence-electron chi connectivity index (χ4n) is 1.36. The second kappa shape index (κ2) is 13.8. The maximum Gasteiger partial charge on any atom is 0.414 e. The van der Waals surface area contributed by atoms with E-state index in [1.165, 1.54) is 0 Å². The van der Waals surface area contributed by atoms with Crippen LogP contribution >= 0.6 is 0 Å². The minimum atomic E-state index is -0.682. The number of nitrogens with zero attached hydrogens (tertiary/aromatic N) is 1. The molecule has 0 radical (unpaired) electrons. The molecule has 0 fully saturated rings. The first-order valence-corrected chi connectivity index (χ1v) is 9.19. The largest absolute Gasteiger partial charge is 0.444 e. The number of amides is 3. The Morgan fingerprint density at radius 2 is 1.36 bits per heavy atom. The van der Waals surface area contributed by atoms with Crippen LogP contribution in [0.15, 0.2) is 4.99 Å². The first-order valence-electron chi connectivity index (χ1n) is 9.19. The van der Waals surface area contributed by atoms with Gasteiger partial charge in [-0.15, -0.1) is 0 Å². The number of unbranched alkanes of at least 4 members (excludes halogenated alkanes) is 1. The van der Waals surface area contributed by atoms with Crippen LogP contribution in [0.2, 0.25) is 0 Å². The monoisotopic (exact) mass is 403 g/mol. The average Bonchev–Trinajstić information content (AvgIpc) is 2.51. The average molecular weight is 404 g/mol. The van der Waals surface area contributed by atoms with Gasteiger partial charge in [0.25, 0.3) is 0 Å². The van der Waals surface area contributed by atoms with Gasteiger partial charge in [0.1, 0.15) is 11.2 Å². The van der Waals surface area contributed by atoms with Crippen molar-refractivity contribution in [2.45, 2.75) is 72.5 Å². The van der Waals surface area contributed by atoms with E-state index in [0.717, 1.165) is 12.8 Å². The number of nitrogens with two attached hydrogens (primary N) is 1. The number of hydrogen-bond acceptors (Lipinski definition) is 7. The molecule has 28 heavy (non-hydrogen) atoms. The highest BCUT2D eigenvalue weighted by molar-refractivity contribution is 6.01. The van der Waals surface area contributed by atoms with Gasteiger partial charge in [-0.25, -0.2) is 9.59 Å². The van der Waals surface area contributed by atoms with Crippen molar-refractivity contribution in [1.29, 1.82) is 0 Å². The van der Waals surface area contributed by atoms with E-state index in [4.69, 9.17) is 15.2 Å². The van der Waals surface area contributed by atoms with Gasteiger partial charge in [0.15, 0.2) is 0 Å². The summed E-state index contributed by atoms with van der Waals surface area (Å²) < 4.78 is 10.3. The number of alkyl carbamates (subject to hydrolysis) is 2. The Labute approximate surface area is 168 Å². The number of guanidine groups is 1. The molecule has 5 N–H and O–H groups in total. The van der Waals surface area contributed by atoms with Gasteiger partial charge in [-0.05, 0) is 48.0 Å². The fraction of sp³-hybridized carbons (Fsp3) is 0.778. The van der Waals surface area contributed by atoms with Crippen LogP contribution in [-0.2, 0) is 14.3 Å². The molecule has 0 aliphatic heterocycles. The SMILES string of the molecule is CCCCN=C(NC(=O)OC(C)(C)C)NC(=O)OC(C)(C)C.CNC(=O)CN. The topological polar surface area (TPSA) is 144 Å². The number of rotatable bonds is 4. The van der Waals surface area contributed by atoms with Crippen LogP contribution in [0.3, 0.4) is 0 Å². The second-order valence-corrected chi connectivity index (χ2v) is 7.71. The van der Waals surface area contributed by atoms with Gasteiger partial charge >= 0.3 is 12.2 Å². The molecule has 0 saturated carbocycles. The number of aliphatic imine (C=N–C) groups is 1. The second-order valence-electron chi connectivity index (χ2n) is 7.71. The summed E-state index contributed by atoms with van der Waals surface area (Å²) in [5.74, 6) is -0.105. The van der Waals surface area contributed by atoms with Gasteiger partial charge in [0, 0.05) is 13.6 Å². The zero-order chi connectivity index (χ0) is 22.4. The summed E-state index contributed by atoms with van der Waals surface area (Å²) in [5, 5.41) is 7.20. The van der Waals surface area contributed by atoms with E-state index in [0.29, 0.717) is 6.54 Å². The third kappa shape index (κ3) is 20.0. The van der Waals surface area contributed by atoms with E-state index in [1.54, 1.807) is 48.6 Å². The summed E-state index contributed by atoms with van der Waals surface area (Å²) in [6.45, 7) is 13.1. The van der Waals surface area contributed by atoms with E-state index >= 15 is 0 Å². The minimum absolute atomic E-state index is 0.0250. The quantitative estimate of drug-likeness (QED) is 0.320. The molecule has 0 atom stereocenters. The normalized spacial score (nSPS) is 10.6. The number of likely N-dealkylation sites (N-methyl/N-ethyl adjacent to an activating group) is 1. The van der Waals surface area contributed by atoms with Crippen LogP contribution in [0.25, 0.3) is 0 Å². The van der Waals surface area contributed by atoms with E-state index in [-0.39, 0.29) is 18.4 Å². The molecule has 0 bridgehead atoms. The van der Waals surface area contributed by atoms with Crippen LogP contribution in [-0.4, -0.2) is 55.4 Å². The molecule has 0 aliphatic carbocycles. The fourth-order valence-corrected chi connectivity index (χ4v) is 1.36. The summed E-state index contributed by atoms with van der Waals surface area (Å²) in [6.07, 6.45) is 0.433. The first kappa shape index (κ1) is 27.9. The van der Waals surface area contributed by atoms with Crippen LogP contribution in [0.4, 0.5) is 9.59 Å². The molecule has 10 nitrogen and oxygen atoms in total. The smallest absolute Gasteiger partial charge is 0.414 e. The maximum absolute atomic E-state index is 11.8. The molecule has 10 heteroatoms. The Bertz CT molecular complexity index is 483. The lowest BCUT2D eigenvalue weighted by Crippen LogP contribution is -2.47. The van der Waals surface area contributed by atoms with Crippen LogP contribution in [0, 0.1) is 0 Å². The van der Waals surface area contributed by atoms with Crippen LogP contribution in [0.1, 0.15) is 61.3 Å². The van der Waals surface area contributed by atoms with Crippen molar-refractivity contribution < 1.29 is 23.9 Å². The lowest BCUT2D eigenvalue weighted by Gasteiger charge is -2.22. The van der Waals surface area contributed by atoms with Gasteiger partial charge in [0.05, 0.1) is 6.54 Å². The third-order valence-corrected chi connectivity index (χ3v) is 2.48. The highest BCUT2D eigenvalue weighted by Crippen LogP contribution is 2.07. The van der Waals surface area contributed by atoms with Crippen molar-refractivity contribution in [3.63, 3.8) is 0 Å². The van der Waals surface area contributed by atoms with E-state index in [2.05, 4.69) is 20.9 Å². The van der Waals surface area contributed by atoms with Crippen molar-refractivity contribution >= 4 is 24.1 Å². The van der Waals surface area contributed by atoms with Crippen LogP contribution < -0.4 is 21.7 Å². The Morgan fingerprint density at radius 3 is 1.61 bits per heavy atom. The molecule has 0 saturated heterocycles. The molecule has 0 unspecified atom stereocenters. The van der Waals surface area contributed by atoms with Crippen molar-refractivity contribution in [3.05, 3.63) is 0 Å². The summed E-state index contributed by atoms with van der Waals surface area (Å²) in [6, 6.07) is 0. The van der Waals surface area contributed by atoms with Gasteiger partial charge in [-0.2, -0.15) is 0 Å². The summed E-state index contributed by atoms with van der Waals surface area (Å²) in [5.41, 5.74) is 3.60. The molecular weight excluding hydrogens is 366 g/mol. The molecule has 164 valence electrons. The number of carbonyl (C=O) groups is 3. The summed E-state index contributed by atoms with van der Waals surface area (Å²) in [4.78, 5) is 37.6. The Balaban J connectivity index is 0. The molecule has 0 aromatic heterocycles. The molecule has 0 rings (SSSR count). The van der Waals surface area contributed by atoms with Gasteiger partial charge in [-0.3, -0.25) is 20.4 Å². The maximum atomic E-state index is 11.8. The van der Waals surface area contributed by atoms with Crippen LogP contribution in [0.5, 0.6) is 0 Å². The lowest BCUT2D eigenvalue weighted by atomic mass is 10.2. The molecular formula is C18H37N5O5. The first-order chi connectivity index (χ1) is 12.7. The predicted molar refractivity (Wildman–Crippen MR) is 109 cm³/mol. The van der Waals surface area contributed by atoms with E-state index in [1.807, 2.05) is 6.92 Å². The summed E-state index contributed by atoms with van der Waals surface area (Å²) in [7, 11) is 1.55. The Hall–Kier alpha value is -2.36. The van der Waals surface area contributed by atoms with Crippen molar-refractivity contribution in [2.75, 3.05) is 20.1 Å². The molecule has 0 aromatic rings. The molecule has 0 aliphatic rings. The van der Waals surface area contributed by atoms with E-state index < -0.39 is 23.4 Å². The van der Waals surface area contributed by atoms with Crippen molar-refractivity contribution in [2.24, 2.45) is 10.7 Å². The Morgan fingerprint density at radius 1 is 0.929 bits per heavy atom. The molecule has 0 aromatic carbocycles. The lowest BCUT2D eigenvalue weighted by molar-refractivity contribution is -0.119. The molecule has 0 heterocycles. The number of ether oxygens (including phenoxy) is 2. The summed E-state index contributed by atoms with van der Waals surface area (Å²) >= 11 is 0. The van der Waals surface area contributed by atoms with Crippen molar-refractivity contribution in [3.8, 4) is 0 Å². The number of hydrogen-bond donors (Lipinski definition) is 4. The molecule has 0 spiro atoms. The zero-order valence-corrected chi connectivity index (χ0v) is 18.4. The van der Waals surface area contributed by atoms with E-state index in [9.17, 15) is 14.4 Å². The Kier molecular flexibility index (Phi) is 13.7. The highest BCUT2D eigenvalue weighted by Gasteiger charge is 2.21.